The molecule has 0 N–H and O–H groups in total. The van der Waals surface area contributed by atoms with Gasteiger partial charge in [0, 0.05) is 19.3 Å². The Morgan fingerprint density at radius 2 is 0.615 bits per heavy atom. The molecule has 6 nitrogen and oxygen atoms in total. The summed E-state index contributed by atoms with van der Waals surface area (Å²) in [6.07, 6.45) is 70.8. The molecule has 0 aromatic rings. The van der Waals surface area contributed by atoms with E-state index in [1.54, 1.807) is 0 Å². The van der Waals surface area contributed by atoms with Crippen LogP contribution in [0.1, 0.15) is 226 Å². The zero-order valence-corrected chi connectivity index (χ0v) is 42.0. The van der Waals surface area contributed by atoms with Gasteiger partial charge in [0.25, 0.3) is 0 Å². The number of unbranched alkanes of at least 4 members (excludes halogenated alkanes) is 17. The highest BCUT2D eigenvalue weighted by atomic mass is 16.6. The van der Waals surface area contributed by atoms with Gasteiger partial charge in [-0.3, -0.25) is 14.4 Å². The van der Waals surface area contributed by atoms with E-state index < -0.39 is 6.10 Å². The Balaban J connectivity index is 4.58. The fraction of sp³-hybridized carbons (Fsp3) is 0.644. The molecular formula is C59H96O6. The molecule has 0 bridgehead atoms. The van der Waals surface area contributed by atoms with Crippen molar-refractivity contribution in [3.05, 3.63) is 109 Å². The molecule has 0 aromatic carbocycles. The van der Waals surface area contributed by atoms with Crippen molar-refractivity contribution in [2.45, 2.75) is 232 Å². The molecule has 0 spiro atoms. The number of carbonyl (C=O) groups is 3. The molecule has 6 heteroatoms. The molecule has 0 heterocycles. The SMILES string of the molecule is CC/C=C\C/C=C\C/C=C\C/C=C\C/C=C\CCCC(=O)OC[C@H](COC(=O)CCCCCCC/C=C\CCCCCC)OC(=O)CCC/C=C\C/C=C\C/C=C\CCCCCCCC. The molecule has 1 atom stereocenters. The Morgan fingerprint density at radius 3 is 1.03 bits per heavy atom. The van der Waals surface area contributed by atoms with Crippen LogP contribution in [0.4, 0.5) is 0 Å². The van der Waals surface area contributed by atoms with Gasteiger partial charge in [0.05, 0.1) is 0 Å². The molecule has 0 aliphatic carbocycles. The van der Waals surface area contributed by atoms with Crippen LogP contribution < -0.4 is 0 Å². The van der Waals surface area contributed by atoms with E-state index in [1.807, 2.05) is 0 Å². The molecule has 0 amide bonds. The summed E-state index contributed by atoms with van der Waals surface area (Å²) < 4.78 is 16.7. The third-order valence-corrected chi connectivity index (χ3v) is 10.7. The average molecular weight is 901 g/mol. The number of hydrogen-bond acceptors (Lipinski definition) is 6. The van der Waals surface area contributed by atoms with Crippen molar-refractivity contribution < 1.29 is 28.6 Å². The van der Waals surface area contributed by atoms with Crippen LogP contribution in [0.25, 0.3) is 0 Å². The summed E-state index contributed by atoms with van der Waals surface area (Å²) >= 11 is 0. The highest BCUT2D eigenvalue weighted by Crippen LogP contribution is 2.12. The van der Waals surface area contributed by atoms with Crippen LogP contribution in [-0.2, 0) is 28.6 Å². The quantitative estimate of drug-likeness (QED) is 0.0262. The normalized spacial score (nSPS) is 13.0. The van der Waals surface area contributed by atoms with Crippen LogP contribution in [0, 0.1) is 0 Å². The number of hydrogen-bond donors (Lipinski definition) is 0. The van der Waals surface area contributed by atoms with E-state index in [1.165, 1.54) is 83.5 Å². The Labute approximate surface area is 400 Å². The largest absolute Gasteiger partial charge is 0.462 e. The highest BCUT2D eigenvalue weighted by Gasteiger charge is 2.19. The van der Waals surface area contributed by atoms with Crippen LogP contribution in [-0.4, -0.2) is 37.2 Å². The lowest BCUT2D eigenvalue weighted by molar-refractivity contribution is -0.167. The number of allylic oxidation sites excluding steroid dienone is 18. The van der Waals surface area contributed by atoms with Gasteiger partial charge in [-0.15, -0.1) is 0 Å². The van der Waals surface area contributed by atoms with Crippen molar-refractivity contribution >= 4 is 17.9 Å². The highest BCUT2D eigenvalue weighted by molar-refractivity contribution is 5.71. The molecule has 0 aliphatic rings. The second-order valence-corrected chi connectivity index (χ2v) is 17.0. The molecule has 0 aliphatic heterocycles. The fourth-order valence-electron chi connectivity index (χ4n) is 6.78. The average Bonchev–Trinajstić information content (AvgIpc) is 3.30. The minimum Gasteiger partial charge on any atom is -0.462 e. The van der Waals surface area contributed by atoms with Crippen molar-refractivity contribution in [1.29, 1.82) is 0 Å². The van der Waals surface area contributed by atoms with Gasteiger partial charge in [-0.1, -0.05) is 201 Å². The van der Waals surface area contributed by atoms with E-state index in [0.717, 1.165) is 89.9 Å². The van der Waals surface area contributed by atoms with Gasteiger partial charge in [-0.2, -0.15) is 0 Å². The van der Waals surface area contributed by atoms with Crippen LogP contribution in [0.15, 0.2) is 109 Å². The molecular weight excluding hydrogens is 805 g/mol. The number of esters is 3. The summed E-state index contributed by atoms with van der Waals surface area (Å²) in [5, 5.41) is 0. The van der Waals surface area contributed by atoms with Crippen LogP contribution >= 0.6 is 0 Å². The Kier molecular flexibility index (Phi) is 49.5. The fourth-order valence-corrected chi connectivity index (χ4v) is 6.78. The van der Waals surface area contributed by atoms with Crippen molar-refractivity contribution in [3.63, 3.8) is 0 Å². The first-order chi connectivity index (χ1) is 32.0. The molecule has 0 unspecified atom stereocenters. The van der Waals surface area contributed by atoms with Crippen LogP contribution in [0.5, 0.6) is 0 Å². The van der Waals surface area contributed by atoms with Crippen molar-refractivity contribution in [1.82, 2.24) is 0 Å². The maximum Gasteiger partial charge on any atom is 0.306 e. The Morgan fingerprint density at radius 1 is 0.323 bits per heavy atom. The molecule has 0 fully saturated rings. The monoisotopic (exact) mass is 901 g/mol. The molecule has 0 rings (SSSR count). The van der Waals surface area contributed by atoms with Gasteiger partial charge in [-0.05, 0) is 116 Å². The van der Waals surface area contributed by atoms with Gasteiger partial charge in [0.1, 0.15) is 13.2 Å². The maximum atomic E-state index is 12.8. The summed E-state index contributed by atoms with van der Waals surface area (Å²) in [6, 6.07) is 0. The Bertz CT molecular complexity index is 1360. The van der Waals surface area contributed by atoms with Gasteiger partial charge in [-0.25, -0.2) is 0 Å². The van der Waals surface area contributed by atoms with Crippen molar-refractivity contribution in [2.75, 3.05) is 13.2 Å². The predicted molar refractivity (Wildman–Crippen MR) is 279 cm³/mol. The second kappa shape index (κ2) is 52.7. The molecule has 0 saturated heterocycles. The minimum atomic E-state index is -0.832. The third-order valence-electron chi connectivity index (χ3n) is 10.7. The van der Waals surface area contributed by atoms with Gasteiger partial charge >= 0.3 is 17.9 Å². The topological polar surface area (TPSA) is 78.9 Å². The number of rotatable bonds is 46. The van der Waals surface area contributed by atoms with E-state index >= 15 is 0 Å². The van der Waals surface area contributed by atoms with Gasteiger partial charge < -0.3 is 14.2 Å². The third kappa shape index (κ3) is 50.9. The standard InChI is InChI=1S/C59H96O6/c1-4-7-10-13-16-19-22-25-27-29-31-34-37-40-43-46-49-52-58(61)64-55-56(54-63-57(60)51-48-45-42-39-36-33-24-21-18-15-12-9-6-3)65-59(62)53-50-47-44-41-38-35-32-30-28-26-23-20-17-14-11-8-5-2/h7,10,16,19,21,24-28,31-32,34-35,40-41,43-44,56H,4-6,8-9,11-15,17-18,20,22-23,29-30,33,36-39,42,45-55H2,1-3H3/b10-7-,19-16-,24-21-,27-25-,28-26-,34-31-,35-32-,43-40-,44-41-/t56-/m0/s1. The van der Waals surface area contributed by atoms with E-state index in [0.29, 0.717) is 19.3 Å². The van der Waals surface area contributed by atoms with E-state index in [2.05, 4.69) is 130 Å². The smallest absolute Gasteiger partial charge is 0.306 e. The first-order valence-electron chi connectivity index (χ1n) is 26.4. The molecule has 368 valence electrons. The zero-order valence-electron chi connectivity index (χ0n) is 42.0. The summed E-state index contributed by atoms with van der Waals surface area (Å²) in [6.45, 7) is 6.39. The predicted octanol–water partition coefficient (Wildman–Crippen LogP) is 17.5. The second-order valence-electron chi connectivity index (χ2n) is 17.0. The lowest BCUT2D eigenvalue weighted by atomic mass is 10.1. The summed E-state index contributed by atoms with van der Waals surface area (Å²) in [5.74, 6) is -1.05. The molecule has 0 aromatic heterocycles. The van der Waals surface area contributed by atoms with Crippen LogP contribution in [0.2, 0.25) is 0 Å². The van der Waals surface area contributed by atoms with Crippen molar-refractivity contribution in [2.24, 2.45) is 0 Å². The molecule has 0 saturated carbocycles. The Hall–Kier alpha value is -3.93. The van der Waals surface area contributed by atoms with E-state index in [-0.39, 0.29) is 44.0 Å². The molecule has 65 heavy (non-hydrogen) atoms. The zero-order chi connectivity index (χ0) is 47.2. The van der Waals surface area contributed by atoms with Gasteiger partial charge in [0.15, 0.2) is 6.10 Å². The van der Waals surface area contributed by atoms with Crippen molar-refractivity contribution in [3.8, 4) is 0 Å². The molecule has 0 radical (unpaired) electrons. The van der Waals surface area contributed by atoms with E-state index in [9.17, 15) is 14.4 Å². The lowest BCUT2D eigenvalue weighted by Crippen LogP contribution is -2.30. The van der Waals surface area contributed by atoms with Gasteiger partial charge in [0.2, 0.25) is 0 Å². The van der Waals surface area contributed by atoms with Crippen LogP contribution in [0.3, 0.4) is 0 Å². The lowest BCUT2D eigenvalue weighted by Gasteiger charge is -2.18. The minimum absolute atomic E-state index is 0.122. The number of ether oxygens (including phenoxy) is 3. The van der Waals surface area contributed by atoms with E-state index in [4.69, 9.17) is 14.2 Å². The maximum absolute atomic E-state index is 12.8. The summed E-state index contributed by atoms with van der Waals surface area (Å²) in [4.78, 5) is 38.0. The first-order valence-corrected chi connectivity index (χ1v) is 26.4. The number of carbonyl (C=O) groups excluding carboxylic acids is 3. The first kappa shape index (κ1) is 61.1. The summed E-state index contributed by atoms with van der Waals surface area (Å²) in [5.41, 5.74) is 0. The summed E-state index contributed by atoms with van der Waals surface area (Å²) in [7, 11) is 0.